The van der Waals surface area contributed by atoms with E-state index in [1.807, 2.05) is 0 Å². The van der Waals surface area contributed by atoms with Crippen LogP contribution in [0.25, 0.3) is 0 Å². The third-order valence-electron chi connectivity index (χ3n) is 8.54. The van der Waals surface area contributed by atoms with Crippen molar-refractivity contribution in [3.05, 3.63) is 75.5 Å². The highest BCUT2D eigenvalue weighted by atomic mass is 19.4. The van der Waals surface area contributed by atoms with E-state index in [1.54, 1.807) is 17.9 Å². The number of rotatable bonds is 9. The van der Waals surface area contributed by atoms with Crippen LogP contribution in [0.15, 0.2) is 40.9 Å². The molecule has 10 heteroatoms. The van der Waals surface area contributed by atoms with E-state index in [0.717, 1.165) is 55.7 Å². The second kappa shape index (κ2) is 12.2. The van der Waals surface area contributed by atoms with Gasteiger partial charge in [-0.2, -0.15) is 26.3 Å². The molecular weight excluding hydrogens is 556 g/mol. The highest BCUT2D eigenvalue weighted by Gasteiger charge is 2.37. The lowest BCUT2D eigenvalue weighted by atomic mass is 9.88. The molecule has 5 rings (SSSR count). The summed E-state index contributed by atoms with van der Waals surface area (Å²) >= 11 is 0. The minimum atomic E-state index is -4.92. The maximum atomic E-state index is 13.6. The Morgan fingerprint density at radius 1 is 0.786 bits per heavy atom. The maximum absolute atomic E-state index is 13.6. The van der Waals surface area contributed by atoms with Crippen molar-refractivity contribution in [1.82, 2.24) is 5.16 Å². The quantitative estimate of drug-likeness (QED) is 0.232. The van der Waals surface area contributed by atoms with Crippen molar-refractivity contribution in [2.45, 2.75) is 90.7 Å². The monoisotopic (exact) mass is 593 g/mol. The Morgan fingerprint density at radius 2 is 1.43 bits per heavy atom. The number of fused-ring (bicyclic) bond motifs is 1. The molecule has 0 amide bonds. The summed E-state index contributed by atoms with van der Waals surface area (Å²) in [5, 5.41) is 4.10. The third-order valence-corrected chi connectivity index (χ3v) is 8.54. The van der Waals surface area contributed by atoms with Gasteiger partial charge in [0.1, 0.15) is 5.76 Å². The number of benzene rings is 2. The molecule has 1 saturated carbocycles. The Hall–Kier alpha value is -3.17. The van der Waals surface area contributed by atoms with Crippen LogP contribution in [0.2, 0.25) is 0 Å². The van der Waals surface area contributed by atoms with Crippen LogP contribution >= 0.6 is 0 Å². The smallest absolute Gasteiger partial charge is 0.371 e. The number of anilines is 2. The summed E-state index contributed by atoms with van der Waals surface area (Å²) in [6, 6.07) is 7.83. The van der Waals surface area contributed by atoms with Gasteiger partial charge in [0.15, 0.2) is 5.82 Å². The van der Waals surface area contributed by atoms with Crippen LogP contribution in [0, 0.1) is 12.8 Å². The van der Waals surface area contributed by atoms with Crippen molar-refractivity contribution in [3.63, 3.8) is 0 Å². The number of hydrogen-bond acceptors (Lipinski definition) is 4. The van der Waals surface area contributed by atoms with E-state index in [1.165, 1.54) is 43.2 Å². The molecule has 228 valence electrons. The first-order valence-electron chi connectivity index (χ1n) is 14.8. The summed E-state index contributed by atoms with van der Waals surface area (Å²) in [7, 11) is 0. The zero-order chi connectivity index (χ0) is 30.1. The highest BCUT2D eigenvalue weighted by molar-refractivity contribution is 5.60. The summed E-state index contributed by atoms with van der Waals surface area (Å²) in [6.45, 7) is 5.60. The van der Waals surface area contributed by atoms with E-state index in [-0.39, 0.29) is 24.7 Å². The van der Waals surface area contributed by atoms with Crippen LogP contribution in [0.3, 0.4) is 0 Å². The molecule has 42 heavy (non-hydrogen) atoms. The molecule has 1 aromatic heterocycles. The molecule has 1 heterocycles. The van der Waals surface area contributed by atoms with Gasteiger partial charge in [0.05, 0.1) is 11.1 Å². The maximum Gasteiger partial charge on any atom is 0.416 e. The number of hydrogen-bond donors (Lipinski definition) is 0. The molecule has 0 radical (unpaired) electrons. The normalized spacial score (nSPS) is 16.1. The molecule has 0 spiro atoms. The molecule has 2 aliphatic rings. The van der Waals surface area contributed by atoms with E-state index < -0.39 is 23.5 Å². The topological polar surface area (TPSA) is 32.5 Å². The van der Waals surface area contributed by atoms with Gasteiger partial charge in [0.2, 0.25) is 0 Å². The first-order chi connectivity index (χ1) is 19.9. The van der Waals surface area contributed by atoms with Gasteiger partial charge in [-0.25, -0.2) is 0 Å². The number of halogens is 6. The minimum Gasteiger partial charge on any atom is -0.371 e. The van der Waals surface area contributed by atoms with Gasteiger partial charge in [0.25, 0.3) is 0 Å². The Labute approximate surface area is 242 Å². The molecule has 0 aliphatic heterocycles. The Bertz CT molecular complexity index is 1340. The first-order valence-corrected chi connectivity index (χ1v) is 14.8. The van der Waals surface area contributed by atoms with Crippen molar-refractivity contribution in [2.75, 3.05) is 22.9 Å². The summed E-state index contributed by atoms with van der Waals surface area (Å²) < 4.78 is 87.1. The minimum absolute atomic E-state index is 0.102. The molecule has 2 aromatic carbocycles. The SMILES string of the molecule is CCN(CC1CCCCC1)c1cc2c(cc1CN(Cc1cc(C(F)(F)F)cc(C(F)(F)F)c1)c1cc(C)on1)CCC2. The standard InChI is InChI=1S/C32H37F6N3O/c1-3-40(18-22-8-5-4-6-9-22)29-16-25-11-7-10-24(25)15-26(29)20-41(30-12-21(2)42-39-30)19-23-13-27(31(33,34)35)17-28(14-23)32(36,37)38/h12-17,22H,3-11,18-20H2,1-2H3. The molecular formula is C32H37F6N3O. The van der Waals surface area contributed by atoms with Gasteiger partial charge in [-0.1, -0.05) is 30.5 Å². The van der Waals surface area contributed by atoms with Gasteiger partial charge in [-0.15, -0.1) is 0 Å². The third kappa shape index (κ3) is 7.06. The Kier molecular flexibility index (Phi) is 8.81. The van der Waals surface area contributed by atoms with Crippen molar-refractivity contribution in [2.24, 2.45) is 5.92 Å². The molecule has 0 atom stereocenters. The van der Waals surface area contributed by atoms with Gasteiger partial charge in [-0.05, 0) is 98.4 Å². The van der Waals surface area contributed by atoms with E-state index in [2.05, 4.69) is 29.1 Å². The molecule has 0 unspecified atom stereocenters. The van der Waals surface area contributed by atoms with Crippen molar-refractivity contribution < 1.29 is 30.9 Å². The van der Waals surface area contributed by atoms with Crippen LogP contribution in [0.1, 0.15) is 84.6 Å². The summed E-state index contributed by atoms with van der Waals surface area (Å²) in [5.74, 6) is 1.46. The lowest BCUT2D eigenvalue weighted by molar-refractivity contribution is -0.143. The average molecular weight is 594 g/mol. The molecule has 0 N–H and O–H groups in total. The van der Waals surface area contributed by atoms with Gasteiger partial charge in [0, 0.05) is 37.9 Å². The molecule has 0 saturated heterocycles. The predicted molar refractivity (Wildman–Crippen MR) is 151 cm³/mol. The lowest BCUT2D eigenvalue weighted by Crippen LogP contribution is -2.32. The van der Waals surface area contributed by atoms with Gasteiger partial charge in [-0.3, -0.25) is 0 Å². The van der Waals surface area contributed by atoms with Gasteiger partial charge >= 0.3 is 12.4 Å². The fraction of sp³-hybridized carbons (Fsp3) is 0.531. The Morgan fingerprint density at radius 3 is 2.00 bits per heavy atom. The van der Waals surface area contributed by atoms with Crippen LogP contribution in [-0.2, 0) is 38.3 Å². The molecule has 2 aliphatic carbocycles. The fourth-order valence-corrected chi connectivity index (χ4v) is 6.42. The van der Waals surface area contributed by atoms with Crippen molar-refractivity contribution in [3.8, 4) is 0 Å². The summed E-state index contributed by atoms with van der Waals surface area (Å²) in [6.07, 6.45) is -0.711. The summed E-state index contributed by atoms with van der Waals surface area (Å²) in [4.78, 5) is 4.10. The van der Waals surface area contributed by atoms with Crippen LogP contribution in [-0.4, -0.2) is 18.2 Å². The second-order valence-corrected chi connectivity index (χ2v) is 11.7. The van der Waals surface area contributed by atoms with Crippen molar-refractivity contribution >= 4 is 11.5 Å². The number of alkyl halides is 6. The molecule has 0 bridgehead atoms. The van der Waals surface area contributed by atoms with E-state index >= 15 is 0 Å². The molecule has 4 nitrogen and oxygen atoms in total. The zero-order valence-corrected chi connectivity index (χ0v) is 24.0. The highest BCUT2D eigenvalue weighted by Crippen LogP contribution is 2.38. The largest absolute Gasteiger partial charge is 0.416 e. The van der Waals surface area contributed by atoms with Crippen LogP contribution < -0.4 is 9.80 Å². The molecule has 3 aromatic rings. The van der Waals surface area contributed by atoms with Gasteiger partial charge < -0.3 is 14.3 Å². The Balaban J connectivity index is 1.53. The van der Waals surface area contributed by atoms with E-state index in [9.17, 15) is 26.3 Å². The first kappa shape index (κ1) is 30.3. The second-order valence-electron chi connectivity index (χ2n) is 11.7. The van der Waals surface area contributed by atoms with Crippen molar-refractivity contribution in [1.29, 1.82) is 0 Å². The zero-order valence-electron chi connectivity index (χ0n) is 24.0. The predicted octanol–water partition coefficient (Wildman–Crippen LogP) is 9.12. The average Bonchev–Trinajstić information content (AvgIpc) is 3.59. The van der Waals surface area contributed by atoms with E-state index in [0.29, 0.717) is 17.5 Å². The van der Waals surface area contributed by atoms with Crippen LogP contribution in [0.5, 0.6) is 0 Å². The van der Waals surface area contributed by atoms with E-state index in [4.69, 9.17) is 4.52 Å². The van der Waals surface area contributed by atoms with Crippen LogP contribution in [0.4, 0.5) is 37.8 Å². The fourth-order valence-electron chi connectivity index (χ4n) is 6.42. The number of aryl methyl sites for hydroxylation is 3. The summed E-state index contributed by atoms with van der Waals surface area (Å²) in [5.41, 5.74) is 1.86. The number of nitrogens with zero attached hydrogens (tertiary/aromatic N) is 3. The molecule has 1 fully saturated rings. The lowest BCUT2D eigenvalue weighted by Gasteiger charge is -2.33. The number of aromatic nitrogens is 1.